The van der Waals surface area contributed by atoms with Gasteiger partial charge >= 0.3 is 6.18 Å². The molecular weight excluding hydrogens is 367 g/mol. The molecule has 7 heteroatoms. The van der Waals surface area contributed by atoms with Crippen LogP contribution in [0.4, 0.5) is 13.2 Å². The number of alkyl halides is 3. The van der Waals surface area contributed by atoms with Crippen LogP contribution in [0.15, 0.2) is 54.9 Å². The van der Waals surface area contributed by atoms with Crippen LogP contribution in [-0.2, 0) is 19.1 Å². The van der Waals surface area contributed by atoms with Gasteiger partial charge in [0.25, 0.3) is 0 Å². The van der Waals surface area contributed by atoms with Gasteiger partial charge in [-0.1, -0.05) is 30.3 Å². The lowest BCUT2D eigenvalue weighted by molar-refractivity contribution is -0.137. The van der Waals surface area contributed by atoms with Crippen molar-refractivity contribution in [2.45, 2.75) is 25.1 Å². The van der Waals surface area contributed by atoms with Crippen molar-refractivity contribution in [1.82, 2.24) is 15.3 Å². The highest BCUT2D eigenvalue weighted by atomic mass is 19.4. The second kappa shape index (κ2) is 7.67. The number of aromatic amines is 1. The molecule has 1 aliphatic heterocycles. The Hall–Kier alpha value is -2.80. The first-order chi connectivity index (χ1) is 13.5. The Bertz CT molecular complexity index is 952. The van der Waals surface area contributed by atoms with Gasteiger partial charge in [-0.3, -0.25) is 0 Å². The lowest BCUT2D eigenvalue weighted by Gasteiger charge is -2.23. The number of hydrogen-bond acceptors (Lipinski definition) is 3. The third kappa shape index (κ3) is 4.04. The third-order valence-corrected chi connectivity index (χ3v) is 4.91. The van der Waals surface area contributed by atoms with Crippen molar-refractivity contribution in [1.29, 1.82) is 0 Å². The number of hydrogen-bond donors (Lipinski definition) is 2. The molecule has 2 aromatic carbocycles. The quantitative estimate of drug-likeness (QED) is 0.687. The van der Waals surface area contributed by atoms with E-state index in [2.05, 4.69) is 15.3 Å². The average molecular weight is 387 g/mol. The monoisotopic (exact) mass is 387 g/mol. The van der Waals surface area contributed by atoms with Crippen molar-refractivity contribution in [2.75, 3.05) is 13.2 Å². The second-order valence-corrected chi connectivity index (χ2v) is 6.82. The number of nitrogens with zero attached hydrogens (tertiary/aromatic N) is 1. The number of ether oxygens (including phenoxy) is 1. The predicted octanol–water partition coefficient (Wildman–Crippen LogP) is 4.29. The van der Waals surface area contributed by atoms with E-state index in [1.807, 2.05) is 24.3 Å². The van der Waals surface area contributed by atoms with Crippen LogP contribution in [0.3, 0.4) is 0 Å². The highest BCUT2D eigenvalue weighted by Gasteiger charge is 2.30. The van der Waals surface area contributed by atoms with Crippen LogP contribution in [0, 0.1) is 0 Å². The van der Waals surface area contributed by atoms with E-state index >= 15 is 0 Å². The van der Waals surface area contributed by atoms with Gasteiger partial charge in [-0.2, -0.15) is 13.2 Å². The standard InChI is InChI=1S/C21H20F3N3O/c22-21(23,24)16-5-1-3-14(9-16)7-8-28-17-6-2-4-15(10-17)18-11-25-12-19-20(18)27-13-26-19/h1-6,9-10,13,18,25H,7-8,11-12H2,(H,26,27). The molecule has 146 valence electrons. The zero-order valence-corrected chi connectivity index (χ0v) is 15.1. The zero-order valence-electron chi connectivity index (χ0n) is 15.1. The molecule has 0 amide bonds. The molecule has 0 spiro atoms. The van der Waals surface area contributed by atoms with E-state index in [0.717, 1.165) is 36.1 Å². The van der Waals surface area contributed by atoms with Crippen LogP contribution in [0.2, 0.25) is 0 Å². The smallest absolute Gasteiger partial charge is 0.416 e. The Labute approximate surface area is 160 Å². The van der Waals surface area contributed by atoms with Crippen LogP contribution >= 0.6 is 0 Å². The minimum Gasteiger partial charge on any atom is -0.493 e. The summed E-state index contributed by atoms with van der Waals surface area (Å²) >= 11 is 0. The minimum atomic E-state index is -4.33. The lowest BCUT2D eigenvalue weighted by atomic mass is 9.92. The molecule has 2 N–H and O–H groups in total. The van der Waals surface area contributed by atoms with Crippen molar-refractivity contribution < 1.29 is 17.9 Å². The zero-order chi connectivity index (χ0) is 19.6. The Morgan fingerprint density at radius 3 is 2.82 bits per heavy atom. The Kier molecular flexibility index (Phi) is 5.09. The summed E-state index contributed by atoms with van der Waals surface area (Å²) in [5.41, 5.74) is 3.19. The highest BCUT2D eigenvalue weighted by molar-refractivity contribution is 5.38. The molecule has 0 aliphatic carbocycles. The summed E-state index contributed by atoms with van der Waals surface area (Å²) in [6, 6.07) is 13.2. The molecule has 1 aromatic heterocycles. The maximum absolute atomic E-state index is 12.8. The molecule has 1 aliphatic rings. The molecule has 28 heavy (non-hydrogen) atoms. The van der Waals surface area contributed by atoms with Gasteiger partial charge in [-0.05, 0) is 29.3 Å². The number of rotatable bonds is 5. The van der Waals surface area contributed by atoms with Crippen molar-refractivity contribution in [2.24, 2.45) is 0 Å². The van der Waals surface area contributed by atoms with E-state index in [1.54, 1.807) is 12.4 Å². The molecule has 0 radical (unpaired) electrons. The Balaban J connectivity index is 1.41. The fourth-order valence-corrected chi connectivity index (χ4v) is 3.50. The molecule has 0 fully saturated rings. The summed E-state index contributed by atoms with van der Waals surface area (Å²) < 4.78 is 44.3. The molecule has 1 unspecified atom stereocenters. The highest BCUT2D eigenvalue weighted by Crippen LogP contribution is 2.31. The molecule has 3 aromatic rings. The van der Waals surface area contributed by atoms with Crippen molar-refractivity contribution in [3.8, 4) is 5.75 Å². The summed E-state index contributed by atoms with van der Waals surface area (Å²) in [4.78, 5) is 7.60. The van der Waals surface area contributed by atoms with Gasteiger partial charge in [0.05, 0.1) is 29.9 Å². The van der Waals surface area contributed by atoms with Gasteiger partial charge in [0.15, 0.2) is 0 Å². The van der Waals surface area contributed by atoms with Gasteiger partial charge in [0.1, 0.15) is 5.75 Å². The summed E-state index contributed by atoms with van der Waals surface area (Å²) in [7, 11) is 0. The van der Waals surface area contributed by atoms with Crippen molar-refractivity contribution in [3.05, 3.63) is 82.9 Å². The first-order valence-electron chi connectivity index (χ1n) is 9.12. The van der Waals surface area contributed by atoms with Crippen LogP contribution < -0.4 is 10.1 Å². The second-order valence-electron chi connectivity index (χ2n) is 6.82. The Morgan fingerprint density at radius 1 is 1.11 bits per heavy atom. The van der Waals surface area contributed by atoms with E-state index in [9.17, 15) is 13.2 Å². The van der Waals surface area contributed by atoms with Gasteiger partial charge in [-0.15, -0.1) is 0 Å². The number of fused-ring (bicyclic) bond motifs is 1. The first kappa shape index (κ1) is 18.6. The van der Waals surface area contributed by atoms with E-state index in [1.165, 1.54) is 12.1 Å². The molecule has 4 nitrogen and oxygen atoms in total. The number of nitrogens with one attached hydrogen (secondary N) is 2. The SMILES string of the molecule is FC(F)(F)c1cccc(CCOc2cccc(C3CNCc4[nH]cnc43)c2)c1. The number of imidazole rings is 1. The fraction of sp³-hybridized carbons (Fsp3) is 0.286. The Morgan fingerprint density at radius 2 is 1.96 bits per heavy atom. The maximum atomic E-state index is 12.8. The van der Waals surface area contributed by atoms with Crippen molar-refractivity contribution >= 4 is 0 Å². The summed E-state index contributed by atoms with van der Waals surface area (Å²) in [5.74, 6) is 0.842. The van der Waals surface area contributed by atoms with E-state index < -0.39 is 11.7 Å². The third-order valence-electron chi connectivity index (χ3n) is 4.91. The molecule has 1 atom stereocenters. The van der Waals surface area contributed by atoms with Gasteiger partial charge in [0, 0.05) is 25.4 Å². The first-order valence-corrected chi connectivity index (χ1v) is 9.12. The number of benzene rings is 2. The summed E-state index contributed by atoms with van der Waals surface area (Å²) in [6.07, 6.45) is -2.22. The predicted molar refractivity (Wildman–Crippen MR) is 99.2 cm³/mol. The molecule has 4 rings (SSSR count). The summed E-state index contributed by atoms with van der Waals surface area (Å²) in [6.45, 7) is 1.88. The van der Waals surface area contributed by atoms with Crippen LogP contribution in [-0.4, -0.2) is 23.1 Å². The molecule has 0 bridgehead atoms. The normalized spacial score (nSPS) is 16.6. The minimum absolute atomic E-state index is 0.141. The fourth-order valence-electron chi connectivity index (χ4n) is 3.50. The maximum Gasteiger partial charge on any atom is 0.416 e. The number of aromatic nitrogens is 2. The topological polar surface area (TPSA) is 49.9 Å². The molecule has 0 saturated heterocycles. The van der Waals surface area contributed by atoms with Gasteiger partial charge in [-0.25, -0.2) is 4.98 Å². The van der Waals surface area contributed by atoms with E-state index in [0.29, 0.717) is 24.3 Å². The largest absolute Gasteiger partial charge is 0.493 e. The van der Waals surface area contributed by atoms with Crippen LogP contribution in [0.1, 0.15) is 34.0 Å². The molecular formula is C21H20F3N3O. The van der Waals surface area contributed by atoms with E-state index in [4.69, 9.17) is 4.74 Å². The van der Waals surface area contributed by atoms with Crippen LogP contribution in [0.5, 0.6) is 5.75 Å². The molecule has 0 saturated carbocycles. The van der Waals surface area contributed by atoms with E-state index in [-0.39, 0.29) is 5.92 Å². The van der Waals surface area contributed by atoms with Gasteiger partial charge < -0.3 is 15.0 Å². The van der Waals surface area contributed by atoms with Crippen molar-refractivity contribution in [3.63, 3.8) is 0 Å². The van der Waals surface area contributed by atoms with Gasteiger partial charge in [0.2, 0.25) is 0 Å². The number of H-pyrrole nitrogens is 1. The molecule has 2 heterocycles. The average Bonchev–Trinajstić information content (AvgIpc) is 3.17. The lowest BCUT2D eigenvalue weighted by Crippen LogP contribution is -2.28. The summed E-state index contributed by atoms with van der Waals surface area (Å²) in [5, 5.41) is 3.37. The number of halogens is 3. The van der Waals surface area contributed by atoms with Crippen LogP contribution in [0.25, 0.3) is 0 Å².